The quantitative estimate of drug-likeness (QED) is 0.829. The van der Waals surface area contributed by atoms with Gasteiger partial charge in [0, 0.05) is 29.8 Å². The zero-order chi connectivity index (χ0) is 16.2. The summed E-state index contributed by atoms with van der Waals surface area (Å²) < 4.78 is 10.5. The first-order valence-corrected chi connectivity index (χ1v) is 7.41. The molecule has 0 radical (unpaired) electrons. The van der Waals surface area contributed by atoms with E-state index in [1.54, 1.807) is 30.3 Å². The summed E-state index contributed by atoms with van der Waals surface area (Å²) in [4.78, 5) is 23.4. The number of ketones is 2. The largest absolute Gasteiger partial charge is 0.454 e. The summed E-state index contributed by atoms with van der Waals surface area (Å²) in [7, 11) is 0. The van der Waals surface area contributed by atoms with Crippen molar-refractivity contribution in [2.75, 3.05) is 18.7 Å². The Kier molecular flexibility index (Phi) is 4.28. The predicted octanol–water partition coefficient (Wildman–Crippen LogP) is 3.30. The second-order valence-corrected chi connectivity index (χ2v) is 5.30. The van der Waals surface area contributed by atoms with Crippen LogP contribution in [0, 0.1) is 0 Å². The van der Waals surface area contributed by atoms with Gasteiger partial charge in [-0.1, -0.05) is 0 Å². The van der Waals surface area contributed by atoms with Crippen LogP contribution in [-0.4, -0.2) is 24.9 Å². The van der Waals surface area contributed by atoms with E-state index in [9.17, 15) is 9.59 Å². The molecule has 0 bridgehead atoms. The molecule has 2 aromatic carbocycles. The smallest absolute Gasteiger partial charge is 0.231 e. The molecule has 5 heteroatoms. The Labute approximate surface area is 134 Å². The van der Waals surface area contributed by atoms with Gasteiger partial charge in [-0.3, -0.25) is 9.59 Å². The van der Waals surface area contributed by atoms with Gasteiger partial charge in [-0.05, 0) is 49.4 Å². The third-order valence-electron chi connectivity index (χ3n) is 3.67. The van der Waals surface area contributed by atoms with E-state index in [1.807, 2.05) is 12.1 Å². The first-order chi connectivity index (χ1) is 11.1. The molecule has 0 spiro atoms. The van der Waals surface area contributed by atoms with E-state index in [0.29, 0.717) is 35.6 Å². The fourth-order valence-electron chi connectivity index (χ4n) is 2.36. The molecule has 0 saturated carbocycles. The molecule has 0 atom stereocenters. The monoisotopic (exact) mass is 311 g/mol. The van der Waals surface area contributed by atoms with Crippen molar-refractivity contribution in [2.45, 2.75) is 13.3 Å². The molecule has 118 valence electrons. The number of hydrogen-bond donors (Lipinski definition) is 1. The van der Waals surface area contributed by atoms with Gasteiger partial charge in [-0.2, -0.15) is 0 Å². The van der Waals surface area contributed by atoms with Crippen LogP contribution in [0.2, 0.25) is 0 Å². The molecule has 1 N–H and O–H groups in total. The van der Waals surface area contributed by atoms with Crippen molar-refractivity contribution in [1.82, 2.24) is 0 Å². The van der Waals surface area contributed by atoms with E-state index in [2.05, 4.69) is 5.32 Å². The molecule has 1 aliphatic rings. The minimum atomic E-state index is 0.0366. The first kappa shape index (κ1) is 15.1. The lowest BCUT2D eigenvalue weighted by molar-refractivity contribution is 0.0984. The Morgan fingerprint density at radius 1 is 1.00 bits per heavy atom. The van der Waals surface area contributed by atoms with Crippen molar-refractivity contribution in [1.29, 1.82) is 0 Å². The number of nitrogens with one attached hydrogen (secondary N) is 1. The van der Waals surface area contributed by atoms with Crippen LogP contribution >= 0.6 is 0 Å². The SMILES string of the molecule is CC(=O)c1ccc(NCCC(=O)c2ccc3c(c2)OCO3)cc1. The Balaban J connectivity index is 1.54. The van der Waals surface area contributed by atoms with Crippen LogP contribution in [0.5, 0.6) is 11.5 Å². The van der Waals surface area contributed by atoms with E-state index in [0.717, 1.165) is 5.69 Å². The Morgan fingerprint density at radius 3 is 2.43 bits per heavy atom. The highest BCUT2D eigenvalue weighted by Gasteiger charge is 2.15. The molecule has 3 rings (SSSR count). The number of Topliss-reactive ketones (excluding diaryl/α,β-unsaturated/α-hetero) is 2. The zero-order valence-electron chi connectivity index (χ0n) is 12.8. The predicted molar refractivity (Wildman–Crippen MR) is 86.4 cm³/mol. The van der Waals surface area contributed by atoms with Gasteiger partial charge in [0.25, 0.3) is 0 Å². The molecule has 0 saturated heterocycles. The number of carbonyl (C=O) groups excluding carboxylic acids is 2. The van der Waals surface area contributed by atoms with Gasteiger partial charge in [-0.15, -0.1) is 0 Å². The number of fused-ring (bicyclic) bond motifs is 1. The normalized spacial score (nSPS) is 12.0. The second kappa shape index (κ2) is 6.52. The number of carbonyl (C=O) groups is 2. The zero-order valence-corrected chi connectivity index (χ0v) is 12.8. The van der Waals surface area contributed by atoms with Gasteiger partial charge in [0.1, 0.15) is 0 Å². The molecule has 2 aromatic rings. The third-order valence-corrected chi connectivity index (χ3v) is 3.67. The second-order valence-electron chi connectivity index (χ2n) is 5.30. The lowest BCUT2D eigenvalue weighted by Crippen LogP contribution is -2.09. The maximum absolute atomic E-state index is 12.2. The highest BCUT2D eigenvalue weighted by molar-refractivity contribution is 5.97. The van der Waals surface area contributed by atoms with Crippen molar-refractivity contribution in [3.8, 4) is 11.5 Å². The number of rotatable bonds is 6. The van der Waals surface area contributed by atoms with Crippen LogP contribution in [0.1, 0.15) is 34.1 Å². The minimum absolute atomic E-state index is 0.0366. The Hall–Kier alpha value is -2.82. The topological polar surface area (TPSA) is 64.6 Å². The minimum Gasteiger partial charge on any atom is -0.454 e. The molecular weight excluding hydrogens is 294 g/mol. The van der Waals surface area contributed by atoms with Gasteiger partial charge in [-0.25, -0.2) is 0 Å². The van der Waals surface area contributed by atoms with Gasteiger partial charge in [0.2, 0.25) is 6.79 Å². The van der Waals surface area contributed by atoms with Gasteiger partial charge in [0.05, 0.1) is 0 Å². The molecule has 1 aliphatic heterocycles. The summed E-state index contributed by atoms with van der Waals surface area (Å²) in [5, 5.41) is 3.18. The molecule has 0 unspecified atom stereocenters. The molecular formula is C18H17NO4. The highest BCUT2D eigenvalue weighted by atomic mass is 16.7. The summed E-state index contributed by atoms with van der Waals surface area (Å²) >= 11 is 0. The molecule has 0 amide bonds. The van der Waals surface area contributed by atoms with E-state index in [-0.39, 0.29) is 18.4 Å². The van der Waals surface area contributed by atoms with Crippen molar-refractivity contribution in [3.05, 3.63) is 53.6 Å². The van der Waals surface area contributed by atoms with Crippen LogP contribution in [0.4, 0.5) is 5.69 Å². The van der Waals surface area contributed by atoms with Crippen molar-refractivity contribution in [2.24, 2.45) is 0 Å². The maximum Gasteiger partial charge on any atom is 0.231 e. The maximum atomic E-state index is 12.2. The van der Waals surface area contributed by atoms with Crippen LogP contribution < -0.4 is 14.8 Å². The van der Waals surface area contributed by atoms with Gasteiger partial charge >= 0.3 is 0 Å². The van der Waals surface area contributed by atoms with E-state index < -0.39 is 0 Å². The molecule has 0 fully saturated rings. The van der Waals surface area contributed by atoms with Crippen LogP contribution in [0.15, 0.2) is 42.5 Å². The van der Waals surface area contributed by atoms with E-state index in [4.69, 9.17) is 9.47 Å². The van der Waals surface area contributed by atoms with Crippen molar-refractivity contribution < 1.29 is 19.1 Å². The van der Waals surface area contributed by atoms with Crippen molar-refractivity contribution >= 4 is 17.3 Å². The van der Waals surface area contributed by atoms with Crippen LogP contribution in [0.3, 0.4) is 0 Å². The molecule has 5 nitrogen and oxygen atoms in total. The summed E-state index contributed by atoms with van der Waals surface area (Å²) in [5.74, 6) is 1.36. The van der Waals surface area contributed by atoms with Crippen molar-refractivity contribution in [3.63, 3.8) is 0 Å². The third kappa shape index (κ3) is 3.51. The van der Waals surface area contributed by atoms with Crippen LogP contribution in [-0.2, 0) is 0 Å². The highest BCUT2D eigenvalue weighted by Crippen LogP contribution is 2.32. The summed E-state index contributed by atoms with van der Waals surface area (Å²) in [6, 6.07) is 12.4. The standard InChI is InChI=1S/C18H17NO4/c1-12(20)13-2-5-15(6-3-13)19-9-8-16(21)14-4-7-17-18(10-14)23-11-22-17/h2-7,10,19H,8-9,11H2,1H3. The molecule has 0 aromatic heterocycles. The fourth-order valence-corrected chi connectivity index (χ4v) is 2.36. The molecule has 0 aliphatic carbocycles. The number of ether oxygens (including phenoxy) is 2. The Morgan fingerprint density at radius 2 is 1.70 bits per heavy atom. The number of anilines is 1. The lowest BCUT2D eigenvalue weighted by Gasteiger charge is -2.07. The summed E-state index contributed by atoms with van der Waals surface area (Å²) in [5.41, 5.74) is 2.17. The number of benzene rings is 2. The van der Waals surface area contributed by atoms with Gasteiger partial charge in [0.15, 0.2) is 23.1 Å². The van der Waals surface area contributed by atoms with Crippen LogP contribution in [0.25, 0.3) is 0 Å². The molecule has 1 heterocycles. The molecule has 23 heavy (non-hydrogen) atoms. The van der Waals surface area contributed by atoms with E-state index >= 15 is 0 Å². The number of hydrogen-bond acceptors (Lipinski definition) is 5. The fraction of sp³-hybridized carbons (Fsp3) is 0.222. The lowest BCUT2D eigenvalue weighted by atomic mass is 10.1. The Bertz CT molecular complexity index is 737. The summed E-state index contributed by atoms with van der Waals surface area (Å²) in [6.07, 6.45) is 0.369. The van der Waals surface area contributed by atoms with E-state index in [1.165, 1.54) is 6.92 Å². The summed E-state index contributed by atoms with van der Waals surface area (Å²) in [6.45, 7) is 2.25. The first-order valence-electron chi connectivity index (χ1n) is 7.41. The average Bonchev–Trinajstić information content (AvgIpc) is 3.02. The average molecular weight is 311 g/mol. The van der Waals surface area contributed by atoms with Gasteiger partial charge < -0.3 is 14.8 Å².